The maximum absolute atomic E-state index is 11.3. The van der Waals surface area contributed by atoms with E-state index in [1.54, 1.807) is 6.92 Å². The predicted molar refractivity (Wildman–Crippen MR) is 71.0 cm³/mol. The van der Waals surface area contributed by atoms with Crippen molar-refractivity contribution in [2.24, 2.45) is 0 Å². The standard InChI is InChI=1S/C15H15NO/c1-12(17)13-7-6-10-15(11-13)16(2)14-8-4-3-5-9-14/h3-11H,1-2H3. The summed E-state index contributed by atoms with van der Waals surface area (Å²) in [7, 11) is 1.99. The molecule has 0 amide bonds. The Kier molecular flexibility index (Phi) is 3.24. The molecule has 2 heteroatoms. The fourth-order valence-corrected chi connectivity index (χ4v) is 1.73. The number of Topliss-reactive ketones (excluding diaryl/α,β-unsaturated/α-hetero) is 1. The average molecular weight is 225 g/mol. The van der Waals surface area contributed by atoms with Crippen LogP contribution in [0.3, 0.4) is 0 Å². The fourth-order valence-electron chi connectivity index (χ4n) is 1.73. The average Bonchev–Trinajstić information content (AvgIpc) is 2.39. The van der Waals surface area contributed by atoms with Crippen LogP contribution in [-0.2, 0) is 0 Å². The van der Waals surface area contributed by atoms with Gasteiger partial charge in [-0.1, -0.05) is 30.3 Å². The number of benzene rings is 2. The fraction of sp³-hybridized carbons (Fsp3) is 0.133. The highest BCUT2D eigenvalue weighted by Gasteiger charge is 2.05. The summed E-state index contributed by atoms with van der Waals surface area (Å²) in [6.45, 7) is 1.58. The van der Waals surface area contributed by atoms with Gasteiger partial charge in [0, 0.05) is 24.0 Å². The Bertz CT molecular complexity index is 519. The molecular formula is C15H15NO. The smallest absolute Gasteiger partial charge is 0.159 e. The predicted octanol–water partition coefficient (Wildman–Crippen LogP) is 3.66. The lowest BCUT2D eigenvalue weighted by Crippen LogP contribution is -2.09. The molecule has 0 bridgehead atoms. The lowest BCUT2D eigenvalue weighted by Gasteiger charge is -2.19. The molecule has 0 aliphatic rings. The molecule has 2 nitrogen and oxygen atoms in total. The van der Waals surface area contributed by atoms with Crippen LogP contribution in [0.15, 0.2) is 54.6 Å². The third-order valence-corrected chi connectivity index (χ3v) is 2.78. The number of carbonyl (C=O) groups excluding carboxylic acids is 1. The normalized spacial score (nSPS) is 10.0. The van der Waals surface area contributed by atoms with Crippen LogP contribution in [0.2, 0.25) is 0 Å². The number of ketones is 1. The largest absolute Gasteiger partial charge is 0.345 e. The van der Waals surface area contributed by atoms with Crippen LogP contribution >= 0.6 is 0 Å². The van der Waals surface area contributed by atoms with E-state index in [9.17, 15) is 4.79 Å². The van der Waals surface area contributed by atoms with E-state index < -0.39 is 0 Å². The van der Waals surface area contributed by atoms with Crippen LogP contribution in [0.1, 0.15) is 17.3 Å². The first kappa shape index (κ1) is 11.4. The van der Waals surface area contributed by atoms with E-state index in [1.807, 2.05) is 61.6 Å². The van der Waals surface area contributed by atoms with E-state index in [-0.39, 0.29) is 5.78 Å². The zero-order valence-electron chi connectivity index (χ0n) is 10.1. The summed E-state index contributed by atoms with van der Waals surface area (Å²) in [5.74, 6) is 0.0910. The molecule has 0 unspecified atom stereocenters. The Labute approximate surface area is 102 Å². The first-order chi connectivity index (χ1) is 8.18. The van der Waals surface area contributed by atoms with Gasteiger partial charge in [-0.2, -0.15) is 0 Å². The van der Waals surface area contributed by atoms with Crippen molar-refractivity contribution in [2.45, 2.75) is 6.92 Å². The molecule has 17 heavy (non-hydrogen) atoms. The van der Waals surface area contributed by atoms with Crippen LogP contribution in [0, 0.1) is 0 Å². The molecular weight excluding hydrogens is 210 g/mol. The van der Waals surface area contributed by atoms with Gasteiger partial charge in [0.25, 0.3) is 0 Å². The summed E-state index contributed by atoms with van der Waals surface area (Å²) >= 11 is 0. The van der Waals surface area contributed by atoms with Gasteiger partial charge in [-0.15, -0.1) is 0 Å². The zero-order chi connectivity index (χ0) is 12.3. The topological polar surface area (TPSA) is 20.3 Å². The van der Waals surface area contributed by atoms with E-state index in [4.69, 9.17) is 0 Å². The second-order valence-electron chi connectivity index (χ2n) is 4.00. The quantitative estimate of drug-likeness (QED) is 0.743. The Hall–Kier alpha value is -2.09. The number of hydrogen-bond acceptors (Lipinski definition) is 2. The minimum absolute atomic E-state index is 0.0910. The van der Waals surface area contributed by atoms with Crippen molar-refractivity contribution in [3.63, 3.8) is 0 Å². The second kappa shape index (κ2) is 4.83. The summed E-state index contributed by atoms with van der Waals surface area (Å²) in [5.41, 5.74) is 2.86. The van der Waals surface area contributed by atoms with Crippen molar-refractivity contribution in [3.05, 3.63) is 60.2 Å². The Morgan fingerprint density at radius 1 is 0.941 bits per heavy atom. The highest BCUT2D eigenvalue weighted by Crippen LogP contribution is 2.23. The number of rotatable bonds is 3. The van der Waals surface area contributed by atoms with E-state index in [1.165, 1.54) is 0 Å². The zero-order valence-corrected chi connectivity index (χ0v) is 10.1. The van der Waals surface area contributed by atoms with Crippen molar-refractivity contribution < 1.29 is 4.79 Å². The van der Waals surface area contributed by atoms with Crippen LogP contribution in [0.4, 0.5) is 11.4 Å². The summed E-state index contributed by atoms with van der Waals surface area (Å²) in [4.78, 5) is 13.4. The van der Waals surface area contributed by atoms with Crippen LogP contribution in [0.5, 0.6) is 0 Å². The Morgan fingerprint density at radius 3 is 2.24 bits per heavy atom. The number of para-hydroxylation sites is 1. The van der Waals surface area contributed by atoms with Crippen molar-refractivity contribution in [1.82, 2.24) is 0 Å². The molecule has 0 heterocycles. The van der Waals surface area contributed by atoms with Gasteiger partial charge in [-0.05, 0) is 31.2 Å². The lowest BCUT2D eigenvalue weighted by atomic mass is 10.1. The third-order valence-electron chi connectivity index (χ3n) is 2.78. The molecule has 86 valence electrons. The van der Waals surface area contributed by atoms with Crippen molar-refractivity contribution in [3.8, 4) is 0 Å². The molecule has 0 aromatic heterocycles. The molecule has 2 rings (SSSR count). The van der Waals surface area contributed by atoms with Gasteiger partial charge in [-0.25, -0.2) is 0 Å². The third kappa shape index (κ3) is 2.53. The Morgan fingerprint density at radius 2 is 1.59 bits per heavy atom. The minimum Gasteiger partial charge on any atom is -0.345 e. The van der Waals surface area contributed by atoms with E-state index in [2.05, 4.69) is 4.90 Å². The van der Waals surface area contributed by atoms with E-state index >= 15 is 0 Å². The molecule has 0 N–H and O–H groups in total. The van der Waals surface area contributed by atoms with Crippen LogP contribution < -0.4 is 4.90 Å². The second-order valence-corrected chi connectivity index (χ2v) is 4.00. The monoisotopic (exact) mass is 225 g/mol. The maximum Gasteiger partial charge on any atom is 0.159 e. The van der Waals surface area contributed by atoms with Crippen LogP contribution in [0.25, 0.3) is 0 Å². The molecule has 2 aromatic rings. The number of carbonyl (C=O) groups is 1. The summed E-state index contributed by atoms with van der Waals surface area (Å²) in [5, 5.41) is 0. The van der Waals surface area contributed by atoms with Gasteiger partial charge >= 0.3 is 0 Å². The molecule has 0 radical (unpaired) electrons. The first-order valence-electron chi connectivity index (χ1n) is 5.58. The molecule has 2 aromatic carbocycles. The highest BCUT2D eigenvalue weighted by atomic mass is 16.1. The summed E-state index contributed by atoms with van der Waals surface area (Å²) in [6, 6.07) is 17.7. The molecule has 0 saturated carbocycles. The highest BCUT2D eigenvalue weighted by molar-refractivity contribution is 5.95. The van der Waals surface area contributed by atoms with Gasteiger partial charge in [0.1, 0.15) is 0 Å². The number of anilines is 2. The lowest BCUT2D eigenvalue weighted by molar-refractivity contribution is 0.101. The van der Waals surface area contributed by atoms with Gasteiger partial charge in [0.05, 0.1) is 0 Å². The summed E-state index contributed by atoms with van der Waals surface area (Å²) in [6.07, 6.45) is 0. The van der Waals surface area contributed by atoms with Gasteiger partial charge < -0.3 is 4.90 Å². The van der Waals surface area contributed by atoms with E-state index in [0.29, 0.717) is 0 Å². The molecule has 0 fully saturated rings. The molecule has 0 aliphatic heterocycles. The Balaban J connectivity index is 2.34. The van der Waals surface area contributed by atoms with Crippen molar-refractivity contribution in [1.29, 1.82) is 0 Å². The van der Waals surface area contributed by atoms with Crippen LogP contribution in [-0.4, -0.2) is 12.8 Å². The van der Waals surface area contributed by atoms with Gasteiger partial charge in [0.15, 0.2) is 5.78 Å². The van der Waals surface area contributed by atoms with Gasteiger partial charge in [-0.3, -0.25) is 4.79 Å². The minimum atomic E-state index is 0.0910. The van der Waals surface area contributed by atoms with Gasteiger partial charge in [0.2, 0.25) is 0 Å². The SMILES string of the molecule is CC(=O)c1cccc(N(C)c2ccccc2)c1. The number of hydrogen-bond donors (Lipinski definition) is 0. The summed E-state index contributed by atoms with van der Waals surface area (Å²) < 4.78 is 0. The molecule has 0 atom stereocenters. The van der Waals surface area contributed by atoms with Crippen molar-refractivity contribution in [2.75, 3.05) is 11.9 Å². The first-order valence-corrected chi connectivity index (χ1v) is 5.58. The molecule has 0 aliphatic carbocycles. The number of nitrogens with zero attached hydrogens (tertiary/aromatic N) is 1. The van der Waals surface area contributed by atoms with E-state index in [0.717, 1.165) is 16.9 Å². The maximum atomic E-state index is 11.3. The molecule has 0 spiro atoms. The molecule has 0 saturated heterocycles. The van der Waals surface area contributed by atoms with Crippen molar-refractivity contribution >= 4 is 17.2 Å².